The summed E-state index contributed by atoms with van der Waals surface area (Å²) >= 11 is 0. The molecule has 1 aromatic carbocycles. The summed E-state index contributed by atoms with van der Waals surface area (Å²) in [6.45, 7) is 2.28. The van der Waals surface area contributed by atoms with Crippen LogP contribution in [0.4, 0.5) is 19.0 Å². The molecule has 2 aromatic rings. The van der Waals surface area contributed by atoms with E-state index in [-0.39, 0.29) is 31.8 Å². The van der Waals surface area contributed by atoms with Gasteiger partial charge in [-0.3, -0.25) is 4.79 Å². The van der Waals surface area contributed by atoms with Crippen LogP contribution in [0.5, 0.6) is 0 Å². The number of halogens is 3. The number of carbonyl (C=O) groups excluding carboxylic acids is 1. The summed E-state index contributed by atoms with van der Waals surface area (Å²) in [5.74, 6) is 0.325. The first-order valence-corrected chi connectivity index (χ1v) is 12.7. The molecule has 1 aromatic heterocycles. The van der Waals surface area contributed by atoms with E-state index < -0.39 is 32.6 Å². The summed E-state index contributed by atoms with van der Waals surface area (Å²) < 4.78 is 66.7. The Kier molecular flexibility index (Phi) is 7.13. The third-order valence-corrected chi connectivity index (χ3v) is 8.30. The highest BCUT2D eigenvalue weighted by Crippen LogP contribution is 2.36. The topological polar surface area (TPSA) is 82.6 Å². The molecule has 3 heterocycles. The zero-order chi connectivity index (χ0) is 24.3. The first-order valence-electron chi connectivity index (χ1n) is 11.3. The van der Waals surface area contributed by atoms with Gasteiger partial charge in [0.05, 0.1) is 10.5 Å². The third kappa shape index (κ3) is 5.35. The minimum Gasteiger partial charge on any atom is -0.357 e. The number of rotatable bonds is 6. The van der Waals surface area contributed by atoms with Crippen molar-refractivity contribution in [3.63, 3.8) is 0 Å². The van der Waals surface area contributed by atoms with E-state index in [1.807, 2.05) is 12.1 Å². The standard InChI is InChI=1S/C23H27F3N4O3S/c24-23(25,26)19-5-1-2-6-20(19)34(32,33)30-13-9-18(10-14-30)22(31)28-16-17-7-8-21(27-15-17)29-11-3-4-12-29/h1-2,5-8,15,18H,3-4,9-14,16H2,(H,28,31). The lowest BCUT2D eigenvalue weighted by Gasteiger charge is -2.31. The van der Waals surface area contributed by atoms with Crippen molar-refractivity contribution in [2.45, 2.75) is 43.3 Å². The number of benzene rings is 1. The number of piperidine rings is 1. The molecule has 7 nitrogen and oxygen atoms in total. The van der Waals surface area contributed by atoms with E-state index in [9.17, 15) is 26.4 Å². The van der Waals surface area contributed by atoms with E-state index >= 15 is 0 Å². The van der Waals surface area contributed by atoms with Gasteiger partial charge in [0.1, 0.15) is 5.82 Å². The van der Waals surface area contributed by atoms with E-state index in [1.54, 1.807) is 6.20 Å². The molecule has 4 rings (SSSR count). The van der Waals surface area contributed by atoms with Crippen LogP contribution in [0.25, 0.3) is 0 Å². The molecule has 0 aliphatic carbocycles. The molecule has 2 saturated heterocycles. The molecule has 11 heteroatoms. The van der Waals surface area contributed by atoms with Gasteiger partial charge in [0, 0.05) is 44.8 Å². The van der Waals surface area contributed by atoms with Crippen LogP contribution in [-0.4, -0.2) is 49.8 Å². The van der Waals surface area contributed by atoms with Crippen molar-refractivity contribution < 1.29 is 26.4 Å². The summed E-state index contributed by atoms with van der Waals surface area (Å²) in [4.78, 5) is 18.5. The Morgan fingerprint density at radius 3 is 2.32 bits per heavy atom. The van der Waals surface area contributed by atoms with Crippen LogP contribution in [0.2, 0.25) is 0 Å². The fourth-order valence-corrected chi connectivity index (χ4v) is 6.09. The monoisotopic (exact) mass is 496 g/mol. The Morgan fingerprint density at radius 1 is 1.03 bits per heavy atom. The summed E-state index contributed by atoms with van der Waals surface area (Å²) in [7, 11) is -4.32. The van der Waals surface area contributed by atoms with Crippen LogP contribution in [0.3, 0.4) is 0 Å². The third-order valence-electron chi connectivity index (χ3n) is 6.34. The van der Waals surface area contributed by atoms with Crippen molar-refractivity contribution in [3.8, 4) is 0 Å². The first kappa shape index (κ1) is 24.5. The van der Waals surface area contributed by atoms with Gasteiger partial charge in [-0.1, -0.05) is 18.2 Å². The number of carbonyl (C=O) groups is 1. The molecule has 0 unspecified atom stereocenters. The zero-order valence-corrected chi connectivity index (χ0v) is 19.4. The van der Waals surface area contributed by atoms with Gasteiger partial charge in [-0.25, -0.2) is 13.4 Å². The highest BCUT2D eigenvalue weighted by atomic mass is 32.2. The Labute approximate surface area is 197 Å². The van der Waals surface area contributed by atoms with Crippen LogP contribution in [0, 0.1) is 5.92 Å². The summed E-state index contributed by atoms with van der Waals surface area (Å²) in [5.41, 5.74) is -0.320. The number of amides is 1. The van der Waals surface area contributed by atoms with Gasteiger partial charge in [0.15, 0.2) is 0 Å². The molecule has 34 heavy (non-hydrogen) atoms. The second-order valence-corrected chi connectivity index (χ2v) is 10.5. The van der Waals surface area contributed by atoms with Crippen molar-refractivity contribution in [3.05, 3.63) is 53.7 Å². The number of nitrogens with one attached hydrogen (secondary N) is 1. The van der Waals surface area contributed by atoms with Crippen LogP contribution in [0.15, 0.2) is 47.5 Å². The fraction of sp³-hybridized carbons (Fsp3) is 0.478. The van der Waals surface area contributed by atoms with Crippen molar-refractivity contribution in [1.29, 1.82) is 0 Å². The fourth-order valence-electron chi connectivity index (χ4n) is 4.41. The highest BCUT2D eigenvalue weighted by Gasteiger charge is 2.40. The molecule has 2 aliphatic rings. The molecule has 1 N–H and O–H groups in total. The van der Waals surface area contributed by atoms with Crippen molar-refractivity contribution in [2.75, 3.05) is 31.1 Å². The number of anilines is 1. The number of hydrogen-bond donors (Lipinski definition) is 1. The number of alkyl halides is 3. The van der Waals surface area contributed by atoms with Crippen molar-refractivity contribution in [1.82, 2.24) is 14.6 Å². The number of sulfonamides is 1. The molecule has 0 saturated carbocycles. The number of pyridine rings is 1. The number of hydrogen-bond acceptors (Lipinski definition) is 5. The van der Waals surface area contributed by atoms with Gasteiger partial charge < -0.3 is 10.2 Å². The number of nitrogens with zero attached hydrogens (tertiary/aromatic N) is 3. The second kappa shape index (κ2) is 9.91. The maximum absolute atomic E-state index is 13.3. The van der Waals surface area contributed by atoms with E-state index in [0.717, 1.165) is 59.8 Å². The van der Waals surface area contributed by atoms with E-state index in [2.05, 4.69) is 15.2 Å². The molecular formula is C23H27F3N4O3S. The van der Waals surface area contributed by atoms with Gasteiger partial charge in [-0.15, -0.1) is 0 Å². The van der Waals surface area contributed by atoms with Gasteiger partial charge >= 0.3 is 6.18 Å². The van der Waals surface area contributed by atoms with Crippen LogP contribution in [-0.2, 0) is 27.5 Å². The maximum atomic E-state index is 13.3. The molecule has 1 amide bonds. The van der Waals surface area contributed by atoms with Gasteiger partial charge in [-0.2, -0.15) is 17.5 Å². The minimum atomic E-state index is -4.77. The SMILES string of the molecule is O=C(NCc1ccc(N2CCCC2)nc1)C1CCN(S(=O)(=O)c2ccccc2C(F)(F)F)CC1. The molecule has 0 bridgehead atoms. The zero-order valence-electron chi connectivity index (χ0n) is 18.6. The molecular weight excluding hydrogens is 469 g/mol. The van der Waals surface area contributed by atoms with E-state index in [0.29, 0.717) is 6.54 Å². The highest BCUT2D eigenvalue weighted by molar-refractivity contribution is 7.89. The summed E-state index contributed by atoms with van der Waals surface area (Å²) in [6, 6.07) is 8.03. The summed E-state index contributed by atoms with van der Waals surface area (Å²) in [5, 5.41) is 2.86. The minimum absolute atomic E-state index is 0.0152. The second-order valence-electron chi connectivity index (χ2n) is 8.61. The quantitative estimate of drug-likeness (QED) is 0.663. The molecule has 0 atom stereocenters. The van der Waals surface area contributed by atoms with Crippen molar-refractivity contribution in [2.24, 2.45) is 5.92 Å². The molecule has 184 valence electrons. The maximum Gasteiger partial charge on any atom is 0.417 e. The normalized spacial score (nSPS) is 18.3. The Hall–Kier alpha value is -2.66. The molecule has 0 spiro atoms. The van der Waals surface area contributed by atoms with Crippen LogP contribution >= 0.6 is 0 Å². The van der Waals surface area contributed by atoms with E-state index in [1.165, 1.54) is 6.07 Å². The molecule has 2 fully saturated rings. The Balaban J connectivity index is 1.32. The average Bonchev–Trinajstić information content (AvgIpc) is 3.37. The van der Waals surface area contributed by atoms with Crippen LogP contribution < -0.4 is 10.2 Å². The largest absolute Gasteiger partial charge is 0.417 e. The van der Waals surface area contributed by atoms with E-state index in [4.69, 9.17) is 0 Å². The predicted molar refractivity (Wildman–Crippen MR) is 120 cm³/mol. The number of aromatic nitrogens is 1. The smallest absolute Gasteiger partial charge is 0.357 e. The molecule has 0 radical (unpaired) electrons. The van der Waals surface area contributed by atoms with Gasteiger partial charge in [-0.05, 0) is 49.4 Å². The Morgan fingerprint density at radius 2 is 1.71 bits per heavy atom. The average molecular weight is 497 g/mol. The lowest BCUT2D eigenvalue weighted by atomic mass is 9.97. The summed E-state index contributed by atoms with van der Waals surface area (Å²) in [6.07, 6.45) is -0.232. The lowest BCUT2D eigenvalue weighted by Crippen LogP contribution is -2.43. The van der Waals surface area contributed by atoms with Crippen LogP contribution in [0.1, 0.15) is 36.8 Å². The molecule has 2 aliphatic heterocycles. The predicted octanol–water partition coefficient (Wildman–Crippen LogP) is 3.42. The first-order chi connectivity index (χ1) is 16.2. The van der Waals surface area contributed by atoms with Crippen molar-refractivity contribution >= 4 is 21.7 Å². The van der Waals surface area contributed by atoms with Gasteiger partial charge in [0.2, 0.25) is 15.9 Å². The Bertz CT molecular complexity index is 1110. The van der Waals surface area contributed by atoms with Gasteiger partial charge in [0.25, 0.3) is 0 Å². The lowest BCUT2D eigenvalue weighted by molar-refractivity contribution is -0.139.